The third-order valence-corrected chi connectivity index (χ3v) is 5.05. The quantitative estimate of drug-likeness (QED) is 0.697. The van der Waals surface area contributed by atoms with E-state index in [1.807, 2.05) is 24.3 Å². The van der Waals surface area contributed by atoms with E-state index in [2.05, 4.69) is 10.3 Å². The van der Waals surface area contributed by atoms with Crippen LogP contribution in [0, 0.1) is 0 Å². The molecule has 29 heavy (non-hydrogen) atoms. The highest BCUT2D eigenvalue weighted by atomic mass is 16.3. The summed E-state index contributed by atoms with van der Waals surface area (Å²) in [6, 6.07) is 13.4. The molecule has 7 heteroatoms. The number of hydrogen-bond acceptors (Lipinski definition) is 5. The van der Waals surface area contributed by atoms with Crippen molar-refractivity contribution < 1.29 is 19.1 Å². The van der Waals surface area contributed by atoms with E-state index in [4.69, 9.17) is 4.42 Å². The van der Waals surface area contributed by atoms with Gasteiger partial charge in [-0.3, -0.25) is 9.59 Å². The second kappa shape index (κ2) is 8.18. The van der Waals surface area contributed by atoms with Gasteiger partial charge in [0.15, 0.2) is 12.2 Å². The van der Waals surface area contributed by atoms with Crippen LogP contribution in [0.2, 0.25) is 0 Å². The minimum Gasteiger partial charge on any atom is -0.508 e. The van der Waals surface area contributed by atoms with Crippen molar-refractivity contribution in [1.82, 2.24) is 15.2 Å². The molecule has 7 nitrogen and oxygen atoms in total. The molecule has 2 N–H and O–H groups in total. The maximum Gasteiger partial charge on any atom is 0.254 e. The van der Waals surface area contributed by atoms with E-state index in [-0.39, 0.29) is 17.6 Å². The first-order valence-electron chi connectivity index (χ1n) is 9.47. The molecule has 0 aliphatic carbocycles. The van der Waals surface area contributed by atoms with E-state index in [1.165, 1.54) is 18.5 Å². The highest BCUT2D eigenvalue weighted by Crippen LogP contribution is 2.22. The van der Waals surface area contributed by atoms with Crippen molar-refractivity contribution in [1.29, 1.82) is 0 Å². The first kappa shape index (κ1) is 18.7. The number of hydrogen-bond donors (Lipinski definition) is 2. The number of carbonyl (C=O) groups excluding carboxylic acids is 2. The van der Waals surface area contributed by atoms with E-state index < -0.39 is 6.04 Å². The third kappa shape index (κ3) is 4.13. The second-order valence-electron chi connectivity index (χ2n) is 6.99. The minimum atomic E-state index is -0.502. The van der Waals surface area contributed by atoms with Crippen molar-refractivity contribution in [3.05, 3.63) is 72.2 Å². The summed E-state index contributed by atoms with van der Waals surface area (Å²) in [6.45, 7) is 0.901. The van der Waals surface area contributed by atoms with Crippen molar-refractivity contribution in [3.8, 4) is 17.1 Å². The molecule has 4 rings (SSSR count). The fraction of sp³-hybridized carbons (Fsp3) is 0.227. The lowest BCUT2D eigenvalue weighted by Gasteiger charge is -2.24. The van der Waals surface area contributed by atoms with E-state index in [0.29, 0.717) is 30.8 Å². The number of amides is 2. The SMILES string of the molecule is O=C(NCc1ccc(-c2cnco2)cc1)[C@@H]1CCCN1C(=O)c1cccc(O)c1. The molecule has 2 heterocycles. The lowest BCUT2D eigenvalue weighted by atomic mass is 10.1. The molecule has 1 aliphatic rings. The van der Waals surface area contributed by atoms with E-state index >= 15 is 0 Å². The molecular weight excluding hydrogens is 370 g/mol. The Bertz CT molecular complexity index is 999. The maximum atomic E-state index is 12.8. The zero-order valence-electron chi connectivity index (χ0n) is 15.7. The summed E-state index contributed by atoms with van der Waals surface area (Å²) in [4.78, 5) is 31.0. The van der Waals surface area contributed by atoms with Crippen LogP contribution in [0.3, 0.4) is 0 Å². The summed E-state index contributed by atoms with van der Waals surface area (Å²) in [5, 5.41) is 12.5. The van der Waals surface area contributed by atoms with Gasteiger partial charge in [0.25, 0.3) is 5.91 Å². The molecule has 2 aromatic carbocycles. The van der Waals surface area contributed by atoms with Crippen LogP contribution in [-0.2, 0) is 11.3 Å². The second-order valence-corrected chi connectivity index (χ2v) is 6.99. The molecule has 1 aromatic heterocycles. The zero-order chi connectivity index (χ0) is 20.2. The van der Waals surface area contributed by atoms with Crippen LogP contribution in [-0.4, -0.2) is 39.4 Å². The van der Waals surface area contributed by atoms with Crippen molar-refractivity contribution in [3.63, 3.8) is 0 Å². The molecule has 3 aromatic rings. The van der Waals surface area contributed by atoms with Gasteiger partial charge in [0.1, 0.15) is 11.8 Å². The van der Waals surface area contributed by atoms with Gasteiger partial charge in [-0.1, -0.05) is 30.3 Å². The normalized spacial score (nSPS) is 16.0. The van der Waals surface area contributed by atoms with Crippen LogP contribution in [0.4, 0.5) is 0 Å². The third-order valence-electron chi connectivity index (χ3n) is 5.05. The Balaban J connectivity index is 1.38. The first-order chi connectivity index (χ1) is 14.1. The molecule has 2 amide bonds. The number of aromatic hydroxyl groups is 1. The van der Waals surface area contributed by atoms with Crippen LogP contribution in [0.1, 0.15) is 28.8 Å². The van der Waals surface area contributed by atoms with Crippen molar-refractivity contribution in [2.45, 2.75) is 25.4 Å². The van der Waals surface area contributed by atoms with E-state index in [1.54, 1.807) is 23.2 Å². The fourth-order valence-electron chi connectivity index (χ4n) is 3.54. The Morgan fingerprint density at radius 3 is 2.76 bits per heavy atom. The molecule has 0 saturated carbocycles. The summed E-state index contributed by atoms with van der Waals surface area (Å²) < 4.78 is 5.27. The van der Waals surface area contributed by atoms with Gasteiger partial charge in [0, 0.05) is 24.2 Å². The Morgan fingerprint density at radius 2 is 2.03 bits per heavy atom. The van der Waals surface area contributed by atoms with Crippen molar-refractivity contribution in [2.24, 2.45) is 0 Å². The average molecular weight is 391 g/mol. The minimum absolute atomic E-state index is 0.0322. The summed E-state index contributed by atoms with van der Waals surface area (Å²) in [5.74, 6) is 0.308. The number of oxazole rings is 1. The standard InChI is InChI=1S/C22H21N3O4/c26-18-4-1-3-17(11-18)22(28)25-10-2-5-19(25)21(27)24-12-15-6-8-16(9-7-15)20-13-23-14-29-20/h1,3-4,6-9,11,13-14,19,26H,2,5,10,12H2,(H,24,27)/t19-/m0/s1. The monoisotopic (exact) mass is 391 g/mol. The molecular formula is C22H21N3O4. The highest BCUT2D eigenvalue weighted by Gasteiger charge is 2.34. The zero-order valence-corrected chi connectivity index (χ0v) is 15.7. The number of benzene rings is 2. The van der Waals surface area contributed by atoms with Gasteiger partial charge >= 0.3 is 0 Å². The summed E-state index contributed by atoms with van der Waals surface area (Å²) in [6.07, 6.45) is 4.43. The van der Waals surface area contributed by atoms with Gasteiger partial charge in [-0.05, 0) is 36.6 Å². The number of nitrogens with zero attached hydrogens (tertiary/aromatic N) is 2. The van der Waals surface area contributed by atoms with Gasteiger partial charge in [0.2, 0.25) is 5.91 Å². The van der Waals surface area contributed by atoms with Gasteiger partial charge < -0.3 is 19.7 Å². The largest absolute Gasteiger partial charge is 0.508 e. The lowest BCUT2D eigenvalue weighted by Crippen LogP contribution is -2.45. The smallest absolute Gasteiger partial charge is 0.254 e. The number of aromatic nitrogens is 1. The Morgan fingerprint density at radius 1 is 1.21 bits per heavy atom. The van der Waals surface area contributed by atoms with Crippen LogP contribution in [0.5, 0.6) is 5.75 Å². The van der Waals surface area contributed by atoms with Gasteiger partial charge in [-0.25, -0.2) is 4.98 Å². The molecule has 1 fully saturated rings. The predicted octanol–water partition coefficient (Wildman–Crippen LogP) is 2.97. The summed E-state index contributed by atoms with van der Waals surface area (Å²) >= 11 is 0. The Hall–Kier alpha value is -3.61. The molecule has 148 valence electrons. The Kier molecular flexibility index (Phi) is 5.29. The molecule has 0 radical (unpaired) electrons. The van der Waals surface area contributed by atoms with Gasteiger partial charge in [-0.15, -0.1) is 0 Å². The number of likely N-dealkylation sites (tertiary alicyclic amines) is 1. The number of rotatable bonds is 5. The van der Waals surface area contributed by atoms with Crippen LogP contribution in [0.15, 0.2) is 65.5 Å². The van der Waals surface area contributed by atoms with E-state index in [9.17, 15) is 14.7 Å². The van der Waals surface area contributed by atoms with Gasteiger partial charge in [0.05, 0.1) is 6.20 Å². The first-order valence-corrected chi connectivity index (χ1v) is 9.47. The van der Waals surface area contributed by atoms with Crippen LogP contribution >= 0.6 is 0 Å². The molecule has 1 saturated heterocycles. The molecule has 1 atom stereocenters. The summed E-state index contributed by atoms with van der Waals surface area (Å²) in [7, 11) is 0. The molecule has 0 spiro atoms. The topological polar surface area (TPSA) is 95.7 Å². The molecule has 0 unspecified atom stereocenters. The number of phenols is 1. The number of carbonyl (C=O) groups is 2. The number of phenolic OH excluding ortho intramolecular Hbond substituents is 1. The predicted molar refractivity (Wildman–Crippen MR) is 106 cm³/mol. The number of nitrogens with one attached hydrogen (secondary N) is 1. The highest BCUT2D eigenvalue weighted by molar-refractivity contribution is 5.98. The van der Waals surface area contributed by atoms with Crippen LogP contribution in [0.25, 0.3) is 11.3 Å². The average Bonchev–Trinajstić information content (AvgIpc) is 3.44. The van der Waals surface area contributed by atoms with E-state index in [0.717, 1.165) is 17.5 Å². The van der Waals surface area contributed by atoms with Gasteiger partial charge in [-0.2, -0.15) is 0 Å². The maximum absolute atomic E-state index is 12.8. The van der Waals surface area contributed by atoms with Crippen molar-refractivity contribution in [2.75, 3.05) is 6.54 Å². The van der Waals surface area contributed by atoms with Crippen LogP contribution < -0.4 is 5.32 Å². The fourth-order valence-corrected chi connectivity index (χ4v) is 3.54. The lowest BCUT2D eigenvalue weighted by molar-refractivity contribution is -0.125. The molecule has 0 bridgehead atoms. The molecule has 1 aliphatic heterocycles. The Labute approximate surface area is 168 Å². The van der Waals surface area contributed by atoms with Crippen molar-refractivity contribution >= 4 is 11.8 Å². The summed E-state index contributed by atoms with van der Waals surface area (Å²) in [5.41, 5.74) is 2.24.